The van der Waals surface area contributed by atoms with Crippen LogP contribution in [0.5, 0.6) is 5.75 Å². The van der Waals surface area contributed by atoms with Crippen LogP contribution in [0.1, 0.15) is 24.0 Å². The Morgan fingerprint density at radius 1 is 0.821 bits per heavy atom. The Bertz CT molecular complexity index is 1140. The molecule has 4 aromatic rings. The number of benzene rings is 2. The van der Waals surface area contributed by atoms with Crippen LogP contribution < -0.4 is 5.56 Å². The Morgan fingerprint density at radius 2 is 1.50 bits per heavy atom. The second-order valence-electron chi connectivity index (χ2n) is 6.87. The molecule has 2 aromatic heterocycles. The van der Waals surface area contributed by atoms with Crippen molar-refractivity contribution in [3.8, 4) is 11.4 Å². The summed E-state index contributed by atoms with van der Waals surface area (Å²) >= 11 is 0. The van der Waals surface area contributed by atoms with Crippen LogP contribution >= 0.6 is 0 Å². The molecule has 0 saturated carbocycles. The predicted molar refractivity (Wildman–Crippen MR) is 112 cm³/mol. The lowest BCUT2D eigenvalue weighted by Crippen LogP contribution is -2.23. The molecule has 0 aliphatic heterocycles. The number of nitrogens with zero attached hydrogens (tertiary/aromatic N) is 2. The van der Waals surface area contributed by atoms with Gasteiger partial charge in [-0.3, -0.25) is 9.36 Å². The summed E-state index contributed by atoms with van der Waals surface area (Å²) in [5, 5.41) is 11.4. The first-order chi connectivity index (χ1) is 13.8. The molecule has 0 aliphatic rings. The monoisotopic (exact) mass is 370 g/mol. The van der Waals surface area contributed by atoms with Crippen molar-refractivity contribution in [1.29, 1.82) is 0 Å². The van der Waals surface area contributed by atoms with Gasteiger partial charge in [0.2, 0.25) is 0 Å². The van der Waals surface area contributed by atoms with Crippen LogP contribution in [0, 0.1) is 0 Å². The van der Waals surface area contributed by atoms with Crippen molar-refractivity contribution in [3.05, 3.63) is 100 Å². The van der Waals surface area contributed by atoms with Crippen molar-refractivity contribution < 1.29 is 5.11 Å². The van der Waals surface area contributed by atoms with E-state index in [4.69, 9.17) is 0 Å². The largest absolute Gasteiger partial charge is 0.507 e. The molecule has 4 nitrogen and oxygen atoms in total. The summed E-state index contributed by atoms with van der Waals surface area (Å²) in [4.78, 5) is 17.6. The lowest BCUT2D eigenvalue weighted by molar-refractivity contribution is 0.470. The number of para-hydroxylation sites is 1. The molecule has 0 unspecified atom stereocenters. The fourth-order valence-electron chi connectivity index (χ4n) is 3.57. The first-order valence-electron chi connectivity index (χ1n) is 9.56. The molecule has 0 aliphatic carbocycles. The van der Waals surface area contributed by atoms with Gasteiger partial charge in [-0.05, 0) is 55.5 Å². The Hall–Kier alpha value is -3.40. The highest BCUT2D eigenvalue weighted by atomic mass is 16.3. The molecular formula is C24H22N2O2. The normalized spacial score (nSPS) is 11.0. The van der Waals surface area contributed by atoms with Gasteiger partial charge in [0.25, 0.3) is 5.56 Å². The average molecular weight is 370 g/mol. The van der Waals surface area contributed by atoms with E-state index in [0.29, 0.717) is 23.0 Å². The summed E-state index contributed by atoms with van der Waals surface area (Å²) in [6.45, 7) is 0. The minimum absolute atomic E-state index is 0.0555. The molecule has 2 heterocycles. The molecule has 0 saturated heterocycles. The van der Waals surface area contributed by atoms with E-state index in [9.17, 15) is 9.90 Å². The van der Waals surface area contributed by atoms with E-state index < -0.39 is 0 Å². The lowest BCUT2D eigenvalue weighted by atomic mass is 10.0. The standard InChI is InChI=1S/C24H22N2O2/c27-22-20-16-9-17-25-23(20)26(19-13-5-2-6-14-19)24(28)21(22)15-8-7-12-18-10-3-1-4-11-18/h1-6,9-11,13-14,16-17,27H,7-8,12,15H2. The third kappa shape index (κ3) is 3.54. The highest BCUT2D eigenvalue weighted by Crippen LogP contribution is 2.27. The van der Waals surface area contributed by atoms with E-state index in [0.717, 1.165) is 24.9 Å². The van der Waals surface area contributed by atoms with Crippen molar-refractivity contribution in [2.75, 3.05) is 0 Å². The van der Waals surface area contributed by atoms with Gasteiger partial charge in [-0.2, -0.15) is 0 Å². The number of rotatable bonds is 6. The van der Waals surface area contributed by atoms with Crippen LogP contribution in [0.4, 0.5) is 0 Å². The highest BCUT2D eigenvalue weighted by molar-refractivity contribution is 5.84. The maximum absolute atomic E-state index is 13.2. The van der Waals surface area contributed by atoms with Crippen LogP contribution in [0.15, 0.2) is 83.8 Å². The van der Waals surface area contributed by atoms with Crippen LogP contribution in [0.2, 0.25) is 0 Å². The van der Waals surface area contributed by atoms with Crippen LogP contribution in [-0.2, 0) is 12.8 Å². The first kappa shape index (κ1) is 18.0. The van der Waals surface area contributed by atoms with Gasteiger partial charge in [0, 0.05) is 6.20 Å². The fraction of sp³-hybridized carbons (Fsp3) is 0.167. The Kier molecular flexibility index (Phi) is 5.20. The molecule has 4 heteroatoms. The maximum atomic E-state index is 13.2. The Balaban J connectivity index is 1.67. The van der Waals surface area contributed by atoms with Gasteiger partial charge >= 0.3 is 0 Å². The number of aryl methyl sites for hydroxylation is 1. The Morgan fingerprint density at radius 3 is 2.25 bits per heavy atom. The van der Waals surface area contributed by atoms with Gasteiger partial charge in [-0.25, -0.2) is 4.98 Å². The zero-order chi connectivity index (χ0) is 19.3. The summed E-state index contributed by atoms with van der Waals surface area (Å²) in [6, 6.07) is 23.4. The molecule has 0 atom stereocenters. The number of fused-ring (bicyclic) bond motifs is 1. The summed E-state index contributed by atoms with van der Waals surface area (Å²) < 4.78 is 1.60. The van der Waals surface area contributed by atoms with Gasteiger partial charge in [0.1, 0.15) is 5.75 Å². The first-order valence-corrected chi connectivity index (χ1v) is 9.56. The van der Waals surface area contributed by atoms with Crippen molar-refractivity contribution in [3.63, 3.8) is 0 Å². The number of aromatic nitrogens is 2. The molecule has 0 bridgehead atoms. The predicted octanol–water partition coefficient (Wildman–Crippen LogP) is 4.66. The molecule has 2 aromatic carbocycles. The number of unbranched alkanes of at least 4 members (excludes halogenated alkanes) is 1. The Labute approximate surface area is 163 Å². The summed E-state index contributed by atoms with van der Waals surface area (Å²) in [5.74, 6) is 0.0555. The van der Waals surface area contributed by atoms with Gasteiger partial charge in [-0.1, -0.05) is 48.5 Å². The molecule has 1 N–H and O–H groups in total. The SMILES string of the molecule is O=c1c(CCCCc2ccccc2)c(O)c2cccnc2n1-c1ccccc1. The van der Waals surface area contributed by atoms with E-state index in [-0.39, 0.29) is 11.3 Å². The number of pyridine rings is 2. The number of hydrogen-bond acceptors (Lipinski definition) is 3. The van der Waals surface area contributed by atoms with Gasteiger partial charge in [0.15, 0.2) is 5.65 Å². The van der Waals surface area contributed by atoms with Gasteiger partial charge < -0.3 is 5.11 Å². The molecule has 0 amide bonds. The summed E-state index contributed by atoms with van der Waals surface area (Å²) in [6.07, 6.45) is 4.93. The van der Waals surface area contributed by atoms with E-state index in [1.807, 2.05) is 54.6 Å². The van der Waals surface area contributed by atoms with Crippen molar-refractivity contribution in [2.24, 2.45) is 0 Å². The zero-order valence-corrected chi connectivity index (χ0v) is 15.6. The van der Waals surface area contributed by atoms with Crippen molar-refractivity contribution >= 4 is 11.0 Å². The molecule has 4 rings (SSSR count). The molecule has 0 spiro atoms. The summed E-state index contributed by atoms with van der Waals surface area (Å²) in [5.41, 5.74) is 2.77. The average Bonchev–Trinajstić information content (AvgIpc) is 2.75. The molecular weight excluding hydrogens is 348 g/mol. The smallest absolute Gasteiger partial charge is 0.263 e. The van der Waals surface area contributed by atoms with Crippen molar-refractivity contribution in [1.82, 2.24) is 9.55 Å². The van der Waals surface area contributed by atoms with Crippen LogP contribution in [-0.4, -0.2) is 14.7 Å². The summed E-state index contributed by atoms with van der Waals surface area (Å²) in [7, 11) is 0. The minimum Gasteiger partial charge on any atom is -0.507 e. The fourth-order valence-corrected chi connectivity index (χ4v) is 3.57. The molecule has 140 valence electrons. The van der Waals surface area contributed by atoms with E-state index in [2.05, 4.69) is 17.1 Å². The lowest BCUT2D eigenvalue weighted by Gasteiger charge is -2.14. The molecule has 0 radical (unpaired) electrons. The van der Waals surface area contributed by atoms with Gasteiger partial charge in [0.05, 0.1) is 16.6 Å². The zero-order valence-electron chi connectivity index (χ0n) is 15.6. The second kappa shape index (κ2) is 8.09. The van der Waals surface area contributed by atoms with E-state index >= 15 is 0 Å². The highest BCUT2D eigenvalue weighted by Gasteiger charge is 2.17. The number of aromatic hydroxyl groups is 1. The van der Waals surface area contributed by atoms with Crippen LogP contribution in [0.3, 0.4) is 0 Å². The third-order valence-corrected chi connectivity index (χ3v) is 5.00. The second-order valence-corrected chi connectivity index (χ2v) is 6.87. The van der Waals surface area contributed by atoms with E-state index in [1.165, 1.54) is 5.56 Å². The number of hydrogen-bond donors (Lipinski definition) is 1. The minimum atomic E-state index is -0.199. The van der Waals surface area contributed by atoms with E-state index in [1.54, 1.807) is 16.8 Å². The van der Waals surface area contributed by atoms with Gasteiger partial charge in [-0.15, -0.1) is 0 Å². The molecule has 0 fully saturated rings. The van der Waals surface area contributed by atoms with Crippen LogP contribution in [0.25, 0.3) is 16.7 Å². The third-order valence-electron chi connectivity index (χ3n) is 5.00. The van der Waals surface area contributed by atoms with Crippen molar-refractivity contribution in [2.45, 2.75) is 25.7 Å². The topological polar surface area (TPSA) is 55.1 Å². The quantitative estimate of drug-likeness (QED) is 0.502. The molecule has 28 heavy (non-hydrogen) atoms. The maximum Gasteiger partial charge on any atom is 0.263 e.